The third-order valence-corrected chi connectivity index (χ3v) is 9.24. The second-order valence-electron chi connectivity index (χ2n) is 11.4. The molecule has 2 spiro atoms. The van der Waals surface area contributed by atoms with Crippen molar-refractivity contribution in [1.29, 1.82) is 0 Å². The van der Waals surface area contributed by atoms with Crippen LogP contribution in [-0.2, 0) is 33.3 Å². The monoisotopic (exact) mass is 514 g/mol. The van der Waals surface area contributed by atoms with Crippen LogP contribution in [0.25, 0.3) is 0 Å². The Labute approximate surface area is 218 Å². The molecule has 0 aromatic carbocycles. The topological polar surface area (TPSA) is 104 Å². The molecule has 0 unspecified atom stereocenters. The Morgan fingerprint density at radius 3 is 2.57 bits per heavy atom. The van der Waals surface area contributed by atoms with Gasteiger partial charge in [0, 0.05) is 24.0 Å². The molecule has 37 heavy (non-hydrogen) atoms. The second kappa shape index (κ2) is 9.80. The van der Waals surface area contributed by atoms with Crippen LogP contribution in [0.5, 0.6) is 0 Å². The highest BCUT2D eigenvalue weighted by molar-refractivity contribution is 5.83. The lowest BCUT2D eigenvalue weighted by Crippen LogP contribution is -2.66. The number of hydrogen-bond donors (Lipinski definition) is 1. The van der Waals surface area contributed by atoms with Gasteiger partial charge in [-0.25, -0.2) is 9.59 Å². The summed E-state index contributed by atoms with van der Waals surface area (Å²) in [7, 11) is 0. The lowest BCUT2D eigenvalue weighted by molar-refractivity contribution is -0.232. The number of hydrogen-bond acceptors (Lipinski definition) is 8. The van der Waals surface area contributed by atoms with Crippen molar-refractivity contribution in [2.75, 3.05) is 19.8 Å². The molecule has 5 aliphatic rings. The first kappa shape index (κ1) is 26.4. The van der Waals surface area contributed by atoms with Gasteiger partial charge < -0.3 is 28.8 Å². The first-order chi connectivity index (χ1) is 17.6. The summed E-state index contributed by atoms with van der Waals surface area (Å²) < 4.78 is 30.6. The van der Waals surface area contributed by atoms with Crippen LogP contribution in [-0.4, -0.2) is 73.0 Å². The van der Waals surface area contributed by atoms with E-state index < -0.39 is 46.7 Å². The van der Waals surface area contributed by atoms with E-state index in [1.165, 1.54) is 17.7 Å². The Hall–Kier alpha value is -2.26. The Kier molecular flexibility index (Phi) is 6.98. The van der Waals surface area contributed by atoms with Crippen LogP contribution in [0.15, 0.2) is 47.6 Å². The molecule has 8 atom stereocenters. The molecule has 5 rings (SSSR count). The maximum Gasteiger partial charge on any atom is 0.331 e. The number of cyclic esters (lactones) is 1. The first-order valence-electron chi connectivity index (χ1n) is 13.3. The standard InChI is InChI=1S/C29H38O8/c1-18-9-11-28-16-34-26(32)14-19(2)10-12-33-21(20(3)30)7-5-6-8-25(31)37-22-15-24(36-23(28)13-18)29(17-35-29)27(22,28)4/h5-8,13-14,20-24,30H,9-12,15-17H2,1-4H3/b7-5+,8-6+,19-14+/t20-,21-,22-,23-,24-,27-,28-,29+/m1/s1. The molecule has 202 valence electrons. The lowest BCUT2D eigenvalue weighted by atomic mass is 9.51. The average molecular weight is 515 g/mol. The Morgan fingerprint density at radius 2 is 1.84 bits per heavy atom. The van der Waals surface area contributed by atoms with Gasteiger partial charge >= 0.3 is 11.9 Å². The fourth-order valence-corrected chi connectivity index (χ4v) is 6.85. The molecule has 1 saturated carbocycles. The van der Waals surface area contributed by atoms with E-state index in [9.17, 15) is 14.7 Å². The minimum atomic E-state index is -0.735. The van der Waals surface area contributed by atoms with Gasteiger partial charge in [0.1, 0.15) is 24.4 Å². The van der Waals surface area contributed by atoms with Crippen LogP contribution in [0.1, 0.15) is 53.4 Å². The number of aliphatic hydroxyl groups excluding tert-OH is 1. The Balaban J connectivity index is 1.51. The summed E-state index contributed by atoms with van der Waals surface area (Å²) in [6.45, 7) is 8.73. The van der Waals surface area contributed by atoms with Crippen molar-refractivity contribution in [2.45, 2.75) is 89.5 Å². The predicted molar refractivity (Wildman–Crippen MR) is 134 cm³/mol. The van der Waals surface area contributed by atoms with Crippen molar-refractivity contribution in [1.82, 2.24) is 0 Å². The van der Waals surface area contributed by atoms with E-state index in [1.54, 1.807) is 25.2 Å². The van der Waals surface area contributed by atoms with Gasteiger partial charge in [0.15, 0.2) is 0 Å². The van der Waals surface area contributed by atoms with Crippen molar-refractivity contribution in [3.05, 3.63) is 47.6 Å². The Morgan fingerprint density at radius 1 is 1.05 bits per heavy atom. The molecule has 0 aromatic heterocycles. The number of carbonyl (C=O) groups excluding carboxylic acids is 2. The van der Waals surface area contributed by atoms with E-state index in [-0.39, 0.29) is 18.8 Å². The van der Waals surface area contributed by atoms with E-state index in [4.69, 9.17) is 23.7 Å². The van der Waals surface area contributed by atoms with Gasteiger partial charge in [0.05, 0.1) is 36.9 Å². The number of aliphatic hydroxyl groups is 1. The van der Waals surface area contributed by atoms with Crippen molar-refractivity contribution in [2.24, 2.45) is 10.8 Å². The van der Waals surface area contributed by atoms with Gasteiger partial charge in [-0.05, 0) is 40.0 Å². The number of esters is 2. The number of carbonyl (C=O) groups is 2. The molecule has 3 aliphatic heterocycles. The minimum Gasteiger partial charge on any atom is -0.462 e. The molecule has 2 aliphatic carbocycles. The van der Waals surface area contributed by atoms with E-state index in [0.717, 1.165) is 18.4 Å². The summed E-state index contributed by atoms with van der Waals surface area (Å²) >= 11 is 0. The number of rotatable bonds is 1. The van der Waals surface area contributed by atoms with Crippen LogP contribution < -0.4 is 0 Å². The van der Waals surface area contributed by atoms with E-state index >= 15 is 0 Å². The first-order valence-corrected chi connectivity index (χ1v) is 13.3. The van der Waals surface area contributed by atoms with Crippen LogP contribution in [0, 0.1) is 10.8 Å². The largest absolute Gasteiger partial charge is 0.462 e. The summed E-state index contributed by atoms with van der Waals surface area (Å²) in [6.07, 6.45) is 10.5. The summed E-state index contributed by atoms with van der Waals surface area (Å²) in [6, 6.07) is 0. The maximum absolute atomic E-state index is 12.9. The van der Waals surface area contributed by atoms with Crippen LogP contribution in [0.3, 0.4) is 0 Å². The third-order valence-electron chi connectivity index (χ3n) is 9.24. The fourth-order valence-electron chi connectivity index (χ4n) is 6.85. The van der Waals surface area contributed by atoms with Gasteiger partial charge in [-0.1, -0.05) is 42.4 Å². The van der Waals surface area contributed by atoms with Crippen molar-refractivity contribution < 1.29 is 38.4 Å². The summed E-state index contributed by atoms with van der Waals surface area (Å²) in [5.74, 6) is -0.879. The van der Waals surface area contributed by atoms with Crippen molar-refractivity contribution in [3.63, 3.8) is 0 Å². The van der Waals surface area contributed by atoms with Crippen LogP contribution in [0.2, 0.25) is 0 Å². The van der Waals surface area contributed by atoms with E-state index in [2.05, 4.69) is 19.9 Å². The summed E-state index contributed by atoms with van der Waals surface area (Å²) in [5, 5.41) is 10.0. The lowest BCUT2D eigenvalue weighted by Gasteiger charge is -2.58. The molecule has 3 heterocycles. The van der Waals surface area contributed by atoms with Gasteiger partial charge in [-0.15, -0.1) is 0 Å². The highest BCUT2D eigenvalue weighted by Crippen LogP contribution is 2.72. The summed E-state index contributed by atoms with van der Waals surface area (Å²) in [5.41, 5.74) is 0.318. The third kappa shape index (κ3) is 4.42. The van der Waals surface area contributed by atoms with E-state index in [1.807, 2.05) is 6.92 Å². The molecule has 0 amide bonds. The van der Waals surface area contributed by atoms with Gasteiger partial charge in [0.25, 0.3) is 0 Å². The highest BCUT2D eigenvalue weighted by Gasteiger charge is 2.83. The zero-order valence-electron chi connectivity index (χ0n) is 22.1. The van der Waals surface area contributed by atoms with Crippen molar-refractivity contribution in [3.8, 4) is 0 Å². The smallest absolute Gasteiger partial charge is 0.331 e. The zero-order chi connectivity index (χ0) is 26.4. The quantitative estimate of drug-likeness (QED) is 0.323. The second-order valence-corrected chi connectivity index (χ2v) is 11.4. The molecular formula is C29H38O8. The maximum atomic E-state index is 12.9. The molecule has 8 nitrogen and oxygen atoms in total. The molecule has 0 radical (unpaired) electrons. The van der Waals surface area contributed by atoms with E-state index in [0.29, 0.717) is 26.1 Å². The number of ether oxygens (including phenoxy) is 5. The normalized spacial score (nSPS) is 46.2. The molecular weight excluding hydrogens is 476 g/mol. The van der Waals surface area contributed by atoms with Gasteiger partial charge in [-0.3, -0.25) is 0 Å². The van der Waals surface area contributed by atoms with Crippen LogP contribution >= 0.6 is 0 Å². The molecule has 3 fully saturated rings. The SMILES string of the molecule is CC1=C[C@H]2O[C@@H]3C[C@H]4OC(=O)/C=C/C=C/[C@H]([C@@H](C)O)OCC/C(C)=C/C(=O)OC[C@@]2(CC1)[C@]4(C)[C@]31CO1. The zero-order valence-corrected chi connectivity index (χ0v) is 22.1. The molecule has 0 aromatic rings. The van der Waals surface area contributed by atoms with Crippen molar-refractivity contribution >= 4 is 11.9 Å². The number of allylic oxidation sites excluding steroid dienone is 3. The fraction of sp³-hybridized carbons (Fsp3) is 0.655. The molecule has 2 bridgehead atoms. The summed E-state index contributed by atoms with van der Waals surface area (Å²) in [4.78, 5) is 25.9. The van der Waals surface area contributed by atoms with Gasteiger partial charge in [-0.2, -0.15) is 0 Å². The molecule has 1 N–H and O–H groups in total. The minimum absolute atomic E-state index is 0.144. The average Bonchev–Trinajstić information content (AvgIpc) is 3.61. The Bertz CT molecular complexity index is 1050. The highest BCUT2D eigenvalue weighted by atomic mass is 16.6. The molecule has 2 saturated heterocycles. The van der Waals surface area contributed by atoms with Gasteiger partial charge in [0.2, 0.25) is 0 Å². The predicted octanol–water partition coefficient (Wildman–Crippen LogP) is 3.34. The van der Waals surface area contributed by atoms with Crippen LogP contribution in [0.4, 0.5) is 0 Å². The number of epoxide rings is 1. The molecule has 8 heteroatoms.